The summed E-state index contributed by atoms with van der Waals surface area (Å²) in [6.45, 7) is 11.3. The zero-order valence-electron chi connectivity index (χ0n) is 11.3. The largest absolute Gasteiger partial charge is 0.345 e. The zero-order valence-corrected chi connectivity index (χ0v) is 11.3. The highest BCUT2D eigenvalue weighted by Crippen LogP contribution is 2.35. The van der Waals surface area contributed by atoms with E-state index in [-0.39, 0.29) is 5.41 Å². The van der Waals surface area contributed by atoms with Crippen molar-refractivity contribution in [3.8, 4) is 0 Å². The van der Waals surface area contributed by atoms with Crippen LogP contribution in [0.25, 0.3) is 0 Å². The lowest BCUT2D eigenvalue weighted by atomic mass is 9.75. The SMILES string of the molecule is CC(C)CN(C)C(=O)C1(C(C)C)CCNC1. The number of amides is 1. The van der Waals surface area contributed by atoms with Crippen molar-refractivity contribution in [3.05, 3.63) is 0 Å². The van der Waals surface area contributed by atoms with Crippen LogP contribution in [-0.4, -0.2) is 37.5 Å². The minimum Gasteiger partial charge on any atom is -0.345 e. The zero-order chi connectivity index (χ0) is 12.3. The molecule has 1 unspecified atom stereocenters. The third kappa shape index (κ3) is 2.57. The van der Waals surface area contributed by atoms with Crippen molar-refractivity contribution in [1.82, 2.24) is 10.2 Å². The molecule has 1 N–H and O–H groups in total. The number of carbonyl (C=O) groups is 1. The van der Waals surface area contributed by atoms with Crippen molar-refractivity contribution in [3.63, 3.8) is 0 Å². The molecule has 3 nitrogen and oxygen atoms in total. The van der Waals surface area contributed by atoms with Crippen molar-refractivity contribution in [2.24, 2.45) is 17.3 Å². The Bertz CT molecular complexity index is 242. The average molecular weight is 226 g/mol. The Labute approximate surface area is 99.6 Å². The van der Waals surface area contributed by atoms with Gasteiger partial charge in [0, 0.05) is 20.1 Å². The molecule has 0 aromatic carbocycles. The smallest absolute Gasteiger partial charge is 0.230 e. The first kappa shape index (κ1) is 13.5. The average Bonchev–Trinajstić information content (AvgIpc) is 2.65. The van der Waals surface area contributed by atoms with Gasteiger partial charge < -0.3 is 10.2 Å². The maximum Gasteiger partial charge on any atom is 0.230 e. The molecule has 1 aliphatic heterocycles. The minimum absolute atomic E-state index is 0.163. The van der Waals surface area contributed by atoms with Crippen molar-refractivity contribution in [2.75, 3.05) is 26.7 Å². The third-order valence-electron chi connectivity index (χ3n) is 3.71. The Kier molecular flexibility index (Phi) is 4.36. The van der Waals surface area contributed by atoms with E-state index in [0.717, 1.165) is 26.1 Å². The highest BCUT2D eigenvalue weighted by molar-refractivity contribution is 5.83. The standard InChI is InChI=1S/C13H26N2O/c1-10(2)8-15(5)12(16)13(11(3)4)6-7-14-9-13/h10-11,14H,6-9H2,1-5H3. The Morgan fingerprint density at radius 3 is 2.38 bits per heavy atom. The van der Waals surface area contributed by atoms with Crippen LogP contribution in [0.1, 0.15) is 34.1 Å². The molecular weight excluding hydrogens is 200 g/mol. The molecule has 0 aromatic rings. The molecule has 1 aliphatic rings. The van der Waals surface area contributed by atoms with Crippen LogP contribution in [0.4, 0.5) is 0 Å². The molecule has 94 valence electrons. The van der Waals surface area contributed by atoms with Crippen LogP contribution in [0.2, 0.25) is 0 Å². The van der Waals surface area contributed by atoms with Crippen LogP contribution in [0.15, 0.2) is 0 Å². The van der Waals surface area contributed by atoms with Gasteiger partial charge >= 0.3 is 0 Å². The number of hydrogen-bond acceptors (Lipinski definition) is 2. The molecule has 1 fully saturated rings. The van der Waals surface area contributed by atoms with Crippen LogP contribution in [0, 0.1) is 17.3 Å². The molecule has 0 aromatic heterocycles. The summed E-state index contributed by atoms with van der Waals surface area (Å²) in [5, 5.41) is 3.34. The van der Waals surface area contributed by atoms with Gasteiger partial charge in [-0.05, 0) is 24.8 Å². The second-order valence-electron chi connectivity index (χ2n) is 5.82. The third-order valence-corrected chi connectivity index (χ3v) is 3.71. The Hall–Kier alpha value is -0.570. The van der Waals surface area contributed by atoms with Crippen LogP contribution in [0.5, 0.6) is 0 Å². The van der Waals surface area contributed by atoms with Gasteiger partial charge in [0.15, 0.2) is 0 Å². The van der Waals surface area contributed by atoms with Crippen LogP contribution in [0.3, 0.4) is 0 Å². The van der Waals surface area contributed by atoms with E-state index < -0.39 is 0 Å². The summed E-state index contributed by atoms with van der Waals surface area (Å²) in [5.41, 5.74) is -0.163. The molecule has 3 heteroatoms. The van der Waals surface area contributed by atoms with E-state index in [2.05, 4.69) is 33.0 Å². The molecule has 0 bridgehead atoms. The molecule has 1 amide bonds. The maximum atomic E-state index is 12.5. The molecule has 0 aliphatic carbocycles. The summed E-state index contributed by atoms with van der Waals surface area (Å²) in [6, 6.07) is 0. The normalized spacial score (nSPS) is 25.4. The number of nitrogens with one attached hydrogen (secondary N) is 1. The Balaban J connectivity index is 2.76. The molecule has 0 saturated carbocycles. The van der Waals surface area contributed by atoms with Gasteiger partial charge in [0.2, 0.25) is 5.91 Å². The van der Waals surface area contributed by atoms with Crippen molar-refractivity contribution in [2.45, 2.75) is 34.1 Å². The van der Waals surface area contributed by atoms with E-state index in [1.165, 1.54) is 0 Å². The summed E-state index contributed by atoms with van der Waals surface area (Å²) in [6.07, 6.45) is 0.978. The van der Waals surface area contributed by atoms with Gasteiger partial charge in [-0.3, -0.25) is 4.79 Å². The van der Waals surface area contributed by atoms with E-state index in [0.29, 0.717) is 17.7 Å². The summed E-state index contributed by atoms with van der Waals surface area (Å²) in [4.78, 5) is 14.4. The van der Waals surface area contributed by atoms with Gasteiger partial charge in [-0.1, -0.05) is 27.7 Å². The number of nitrogens with zero attached hydrogens (tertiary/aromatic N) is 1. The van der Waals surface area contributed by atoms with E-state index in [1.807, 2.05) is 11.9 Å². The van der Waals surface area contributed by atoms with E-state index in [9.17, 15) is 4.79 Å². The van der Waals surface area contributed by atoms with E-state index in [1.54, 1.807) is 0 Å². The lowest BCUT2D eigenvalue weighted by Crippen LogP contribution is -2.47. The second kappa shape index (κ2) is 5.17. The Morgan fingerprint density at radius 2 is 2.00 bits per heavy atom. The first-order valence-corrected chi connectivity index (χ1v) is 6.36. The van der Waals surface area contributed by atoms with Crippen LogP contribution < -0.4 is 5.32 Å². The fourth-order valence-corrected chi connectivity index (χ4v) is 2.64. The van der Waals surface area contributed by atoms with Gasteiger partial charge in [0.1, 0.15) is 0 Å². The molecule has 16 heavy (non-hydrogen) atoms. The first-order chi connectivity index (χ1) is 7.40. The highest BCUT2D eigenvalue weighted by Gasteiger charge is 2.45. The summed E-state index contributed by atoms with van der Waals surface area (Å²) in [5.74, 6) is 1.26. The van der Waals surface area contributed by atoms with Gasteiger partial charge in [-0.25, -0.2) is 0 Å². The fraction of sp³-hybridized carbons (Fsp3) is 0.923. The predicted octanol–water partition coefficient (Wildman–Crippen LogP) is 1.74. The van der Waals surface area contributed by atoms with Crippen molar-refractivity contribution >= 4 is 5.91 Å². The fourth-order valence-electron chi connectivity index (χ4n) is 2.64. The van der Waals surface area contributed by atoms with Gasteiger partial charge in [0.05, 0.1) is 5.41 Å². The minimum atomic E-state index is -0.163. The van der Waals surface area contributed by atoms with Crippen molar-refractivity contribution in [1.29, 1.82) is 0 Å². The van der Waals surface area contributed by atoms with Crippen LogP contribution >= 0.6 is 0 Å². The van der Waals surface area contributed by atoms with Gasteiger partial charge in [-0.15, -0.1) is 0 Å². The second-order valence-corrected chi connectivity index (χ2v) is 5.82. The molecule has 1 rings (SSSR count). The number of carbonyl (C=O) groups excluding carboxylic acids is 1. The van der Waals surface area contributed by atoms with Crippen molar-refractivity contribution < 1.29 is 4.79 Å². The van der Waals surface area contributed by atoms with Gasteiger partial charge in [0.25, 0.3) is 0 Å². The molecule has 1 saturated heterocycles. The molecular formula is C13H26N2O. The highest BCUT2D eigenvalue weighted by atomic mass is 16.2. The molecule has 1 heterocycles. The number of rotatable bonds is 4. The lowest BCUT2D eigenvalue weighted by Gasteiger charge is -2.35. The number of hydrogen-bond donors (Lipinski definition) is 1. The molecule has 0 radical (unpaired) electrons. The molecule has 1 atom stereocenters. The summed E-state index contributed by atoms with van der Waals surface area (Å²) >= 11 is 0. The quantitative estimate of drug-likeness (QED) is 0.792. The van der Waals surface area contributed by atoms with E-state index >= 15 is 0 Å². The van der Waals surface area contributed by atoms with Crippen LogP contribution in [-0.2, 0) is 4.79 Å². The molecule has 0 spiro atoms. The topological polar surface area (TPSA) is 32.3 Å². The van der Waals surface area contributed by atoms with E-state index in [4.69, 9.17) is 0 Å². The lowest BCUT2D eigenvalue weighted by molar-refractivity contribution is -0.142. The monoisotopic (exact) mass is 226 g/mol. The maximum absolute atomic E-state index is 12.5. The van der Waals surface area contributed by atoms with Gasteiger partial charge in [-0.2, -0.15) is 0 Å². The predicted molar refractivity (Wildman–Crippen MR) is 67.2 cm³/mol. The summed E-state index contributed by atoms with van der Waals surface area (Å²) in [7, 11) is 1.94. The Morgan fingerprint density at radius 1 is 1.38 bits per heavy atom. The first-order valence-electron chi connectivity index (χ1n) is 6.36. The summed E-state index contributed by atoms with van der Waals surface area (Å²) < 4.78 is 0.